The normalized spacial score (nSPS) is 23.2. The Labute approximate surface area is 195 Å². The van der Waals surface area contributed by atoms with E-state index in [-0.39, 0.29) is 0 Å². The van der Waals surface area contributed by atoms with Crippen molar-refractivity contribution in [2.45, 2.75) is 65.1 Å². The number of ether oxygens (including phenoxy) is 2. The third kappa shape index (κ3) is 4.54. The highest BCUT2D eigenvalue weighted by atomic mass is 16.5. The van der Waals surface area contributed by atoms with Crippen LogP contribution in [-0.4, -0.2) is 57.0 Å². The number of hydrogen-bond donors (Lipinski definition) is 1. The van der Waals surface area contributed by atoms with Crippen LogP contribution in [-0.2, 0) is 24.1 Å². The van der Waals surface area contributed by atoms with Gasteiger partial charge in [-0.2, -0.15) is 10.2 Å². The molecule has 3 atom stereocenters. The molecule has 1 N–H and O–H groups in total. The summed E-state index contributed by atoms with van der Waals surface area (Å²) in [6.45, 7) is 8.92. The molecule has 1 fully saturated rings. The second-order valence-electron chi connectivity index (χ2n) is 9.57. The van der Waals surface area contributed by atoms with Crippen molar-refractivity contribution in [2.75, 3.05) is 20.3 Å². The van der Waals surface area contributed by atoms with Crippen LogP contribution in [0.5, 0.6) is 5.88 Å². The molecule has 3 aromatic heterocycles. The van der Waals surface area contributed by atoms with Crippen molar-refractivity contribution in [1.82, 2.24) is 29.9 Å². The van der Waals surface area contributed by atoms with Gasteiger partial charge in [-0.3, -0.25) is 4.68 Å². The zero-order chi connectivity index (χ0) is 22.9. The molecule has 0 saturated carbocycles. The third-order valence-corrected chi connectivity index (χ3v) is 6.82. The van der Waals surface area contributed by atoms with Gasteiger partial charge in [0.1, 0.15) is 0 Å². The Morgan fingerprint density at radius 1 is 1.15 bits per heavy atom. The Morgan fingerprint density at radius 3 is 2.70 bits per heavy atom. The number of aryl methyl sites for hydroxylation is 1. The van der Waals surface area contributed by atoms with Gasteiger partial charge in [0, 0.05) is 47.9 Å². The molecule has 0 radical (unpaired) electrons. The molecule has 8 nitrogen and oxygen atoms in total. The number of pyridine rings is 1. The summed E-state index contributed by atoms with van der Waals surface area (Å²) < 4.78 is 15.3. The first-order valence-electron chi connectivity index (χ1n) is 12.0. The maximum Gasteiger partial charge on any atom is 0.216 e. The molecule has 8 heteroatoms. The molecular weight excluding hydrogens is 416 g/mol. The molecule has 0 bridgehead atoms. The Morgan fingerprint density at radius 2 is 1.94 bits per heavy atom. The Hall–Kier alpha value is -2.71. The van der Waals surface area contributed by atoms with Gasteiger partial charge < -0.3 is 14.8 Å². The van der Waals surface area contributed by atoms with E-state index in [4.69, 9.17) is 19.7 Å². The van der Waals surface area contributed by atoms with Crippen LogP contribution in [0, 0.1) is 12.8 Å². The SMILES string of the molecule is COc1ncc(-n2nc(-c3cnn(CC4C[C@@H](C)N[C@@H](C)C4)c3)c3c2CCOCC3)cc1C. The molecule has 1 unspecified atom stereocenters. The molecule has 33 heavy (non-hydrogen) atoms. The van der Waals surface area contributed by atoms with E-state index in [0.717, 1.165) is 41.9 Å². The van der Waals surface area contributed by atoms with E-state index >= 15 is 0 Å². The number of nitrogens with zero attached hydrogens (tertiary/aromatic N) is 5. The lowest BCUT2D eigenvalue weighted by Crippen LogP contribution is -2.43. The van der Waals surface area contributed by atoms with E-state index < -0.39 is 0 Å². The maximum absolute atomic E-state index is 5.80. The Bertz CT molecular complexity index is 1110. The first-order chi connectivity index (χ1) is 16.0. The zero-order valence-electron chi connectivity index (χ0n) is 20.0. The van der Waals surface area contributed by atoms with Gasteiger partial charge in [0.25, 0.3) is 0 Å². The van der Waals surface area contributed by atoms with Crippen LogP contribution >= 0.6 is 0 Å². The predicted octanol–water partition coefficient (Wildman–Crippen LogP) is 3.34. The van der Waals surface area contributed by atoms with Crippen molar-refractivity contribution >= 4 is 0 Å². The number of aromatic nitrogens is 5. The van der Waals surface area contributed by atoms with Crippen LogP contribution in [0.4, 0.5) is 0 Å². The van der Waals surface area contributed by atoms with Crippen LogP contribution in [0.1, 0.15) is 43.5 Å². The highest BCUT2D eigenvalue weighted by Gasteiger charge is 2.25. The lowest BCUT2D eigenvalue weighted by molar-refractivity contribution is 0.145. The Balaban J connectivity index is 1.47. The van der Waals surface area contributed by atoms with Crippen molar-refractivity contribution in [3.8, 4) is 22.8 Å². The Kier molecular flexibility index (Phi) is 6.21. The first kappa shape index (κ1) is 22.1. The van der Waals surface area contributed by atoms with Gasteiger partial charge in [-0.1, -0.05) is 0 Å². The summed E-state index contributed by atoms with van der Waals surface area (Å²) in [5, 5.41) is 13.4. The third-order valence-electron chi connectivity index (χ3n) is 6.82. The van der Waals surface area contributed by atoms with Crippen LogP contribution in [0.15, 0.2) is 24.7 Å². The molecule has 0 aliphatic carbocycles. The number of methoxy groups -OCH3 is 1. The molecule has 3 aromatic rings. The van der Waals surface area contributed by atoms with Crippen LogP contribution in [0.3, 0.4) is 0 Å². The molecule has 2 aliphatic rings. The molecule has 1 saturated heterocycles. The lowest BCUT2D eigenvalue weighted by Gasteiger charge is -2.32. The predicted molar refractivity (Wildman–Crippen MR) is 127 cm³/mol. The molecule has 5 heterocycles. The average Bonchev–Trinajstić information content (AvgIpc) is 3.29. The van der Waals surface area contributed by atoms with Gasteiger partial charge in [0.2, 0.25) is 5.88 Å². The van der Waals surface area contributed by atoms with Crippen LogP contribution < -0.4 is 10.1 Å². The molecule has 176 valence electrons. The molecule has 0 amide bonds. The molecule has 5 rings (SSSR count). The highest BCUT2D eigenvalue weighted by Crippen LogP contribution is 2.31. The molecule has 0 aromatic carbocycles. The highest BCUT2D eigenvalue weighted by molar-refractivity contribution is 5.64. The summed E-state index contributed by atoms with van der Waals surface area (Å²) >= 11 is 0. The smallest absolute Gasteiger partial charge is 0.216 e. The van der Waals surface area contributed by atoms with E-state index in [9.17, 15) is 0 Å². The van der Waals surface area contributed by atoms with E-state index in [1.807, 2.05) is 24.0 Å². The number of rotatable bonds is 5. The number of piperidine rings is 1. The zero-order valence-corrected chi connectivity index (χ0v) is 20.0. The summed E-state index contributed by atoms with van der Waals surface area (Å²) in [6.07, 6.45) is 10.00. The van der Waals surface area contributed by atoms with Gasteiger partial charge in [0.15, 0.2) is 0 Å². The quantitative estimate of drug-likeness (QED) is 0.642. The summed E-state index contributed by atoms with van der Waals surface area (Å²) in [5.74, 6) is 1.28. The molecular formula is C25H34N6O2. The van der Waals surface area contributed by atoms with Crippen molar-refractivity contribution in [1.29, 1.82) is 0 Å². The minimum absolute atomic E-state index is 0.557. The molecule has 0 spiro atoms. The molecule has 2 aliphatic heterocycles. The van der Waals surface area contributed by atoms with Crippen molar-refractivity contribution in [3.63, 3.8) is 0 Å². The van der Waals surface area contributed by atoms with Crippen LogP contribution in [0.25, 0.3) is 16.9 Å². The average molecular weight is 451 g/mol. The summed E-state index contributed by atoms with van der Waals surface area (Å²) in [7, 11) is 1.65. The topological polar surface area (TPSA) is 79.0 Å². The summed E-state index contributed by atoms with van der Waals surface area (Å²) in [6, 6.07) is 3.20. The lowest BCUT2D eigenvalue weighted by atomic mass is 9.89. The number of fused-ring (bicyclic) bond motifs is 1. The van der Waals surface area contributed by atoms with Gasteiger partial charge >= 0.3 is 0 Å². The summed E-state index contributed by atoms with van der Waals surface area (Å²) in [5.41, 5.74) is 6.46. The minimum atomic E-state index is 0.557. The number of nitrogens with one attached hydrogen (secondary N) is 1. The standard InChI is InChI=1S/C25H34N6O2/c1-16-9-21(13-26-25(16)32-4)31-23-6-8-33-7-5-22(23)24(29-31)20-12-27-30(15-20)14-19-10-17(2)28-18(3)11-19/h9,12-13,15,17-19,28H,5-8,10-11,14H2,1-4H3/t17-,18+,19?. The van der Waals surface area contributed by atoms with Crippen molar-refractivity contribution < 1.29 is 9.47 Å². The van der Waals surface area contributed by atoms with E-state index in [1.165, 1.54) is 24.1 Å². The van der Waals surface area contributed by atoms with Gasteiger partial charge in [-0.05, 0) is 52.0 Å². The fourth-order valence-electron chi connectivity index (χ4n) is 5.49. The second-order valence-corrected chi connectivity index (χ2v) is 9.57. The monoisotopic (exact) mass is 450 g/mol. The van der Waals surface area contributed by atoms with Crippen molar-refractivity contribution in [3.05, 3.63) is 41.5 Å². The number of hydrogen-bond acceptors (Lipinski definition) is 6. The second kappa shape index (κ2) is 9.27. The fourth-order valence-corrected chi connectivity index (χ4v) is 5.49. The summed E-state index contributed by atoms with van der Waals surface area (Å²) in [4.78, 5) is 4.47. The fraction of sp³-hybridized carbons (Fsp3) is 0.560. The maximum atomic E-state index is 5.80. The van der Waals surface area contributed by atoms with Gasteiger partial charge in [-0.25, -0.2) is 9.67 Å². The van der Waals surface area contributed by atoms with Gasteiger partial charge in [-0.15, -0.1) is 0 Å². The van der Waals surface area contributed by atoms with E-state index in [2.05, 4.69) is 41.1 Å². The van der Waals surface area contributed by atoms with Gasteiger partial charge in [0.05, 0.1) is 49.8 Å². The van der Waals surface area contributed by atoms with Crippen molar-refractivity contribution in [2.24, 2.45) is 5.92 Å². The van der Waals surface area contributed by atoms with E-state index in [1.54, 1.807) is 7.11 Å². The first-order valence-corrected chi connectivity index (χ1v) is 12.0. The minimum Gasteiger partial charge on any atom is -0.481 e. The largest absolute Gasteiger partial charge is 0.481 e. The van der Waals surface area contributed by atoms with Crippen LogP contribution in [0.2, 0.25) is 0 Å². The van der Waals surface area contributed by atoms with E-state index in [0.29, 0.717) is 37.1 Å².